The summed E-state index contributed by atoms with van der Waals surface area (Å²) in [5.41, 5.74) is 0. The molecular formula is C70H136O17P2. The van der Waals surface area contributed by atoms with Gasteiger partial charge in [0.15, 0.2) is 12.2 Å². The molecular weight excluding hydrogens is 1170 g/mol. The second-order valence-electron chi connectivity index (χ2n) is 26.0. The van der Waals surface area contributed by atoms with E-state index >= 15 is 0 Å². The molecule has 0 aromatic rings. The zero-order valence-electron chi connectivity index (χ0n) is 57.7. The van der Waals surface area contributed by atoms with E-state index in [9.17, 15) is 43.2 Å². The minimum atomic E-state index is -4.95. The normalized spacial score (nSPS) is 14.4. The van der Waals surface area contributed by atoms with E-state index in [0.29, 0.717) is 25.7 Å². The van der Waals surface area contributed by atoms with Gasteiger partial charge in [-0.15, -0.1) is 0 Å². The van der Waals surface area contributed by atoms with E-state index < -0.39 is 97.5 Å². The summed E-state index contributed by atoms with van der Waals surface area (Å²) in [7, 11) is -9.89. The summed E-state index contributed by atoms with van der Waals surface area (Å²) in [5.74, 6) is -0.491. The molecule has 0 aromatic carbocycles. The van der Waals surface area contributed by atoms with Crippen LogP contribution in [0.4, 0.5) is 0 Å². The molecule has 0 aliphatic carbocycles. The molecule has 19 heteroatoms. The molecule has 528 valence electrons. The first-order valence-electron chi connectivity index (χ1n) is 36.5. The van der Waals surface area contributed by atoms with Crippen molar-refractivity contribution >= 4 is 39.5 Å². The summed E-state index contributed by atoms with van der Waals surface area (Å²) in [6, 6.07) is 0. The zero-order chi connectivity index (χ0) is 65.7. The van der Waals surface area contributed by atoms with Crippen LogP contribution in [0.2, 0.25) is 0 Å². The van der Waals surface area contributed by atoms with Gasteiger partial charge in [-0.2, -0.15) is 0 Å². The zero-order valence-corrected chi connectivity index (χ0v) is 59.5. The number of ether oxygens (including phenoxy) is 4. The van der Waals surface area contributed by atoms with E-state index in [0.717, 1.165) is 108 Å². The fraction of sp³-hybridized carbons (Fsp3) is 0.943. The second-order valence-corrected chi connectivity index (χ2v) is 28.9. The highest BCUT2D eigenvalue weighted by Gasteiger charge is 2.30. The molecule has 0 aromatic heterocycles. The Labute approximate surface area is 543 Å². The molecule has 0 fully saturated rings. The molecule has 0 rings (SSSR count). The van der Waals surface area contributed by atoms with Crippen molar-refractivity contribution in [3.63, 3.8) is 0 Å². The number of aliphatic hydroxyl groups is 1. The van der Waals surface area contributed by atoms with Crippen molar-refractivity contribution in [2.75, 3.05) is 39.6 Å². The number of carbonyl (C=O) groups is 4. The molecule has 0 heterocycles. The number of carbonyl (C=O) groups excluding carboxylic acids is 4. The van der Waals surface area contributed by atoms with Gasteiger partial charge in [-0.1, -0.05) is 305 Å². The first-order chi connectivity index (χ1) is 42.9. The van der Waals surface area contributed by atoms with Crippen LogP contribution in [0, 0.1) is 11.8 Å². The lowest BCUT2D eigenvalue weighted by Crippen LogP contribution is -2.30. The Balaban J connectivity index is 5.14. The largest absolute Gasteiger partial charge is 0.472 e. The van der Waals surface area contributed by atoms with E-state index in [2.05, 4.69) is 41.5 Å². The Morgan fingerprint density at radius 3 is 0.854 bits per heavy atom. The molecule has 0 saturated carbocycles. The lowest BCUT2D eigenvalue weighted by Gasteiger charge is -2.21. The van der Waals surface area contributed by atoms with E-state index in [4.69, 9.17) is 37.0 Å². The minimum absolute atomic E-state index is 0.105. The summed E-state index contributed by atoms with van der Waals surface area (Å²) in [6.45, 7) is 9.52. The van der Waals surface area contributed by atoms with Gasteiger partial charge in [0, 0.05) is 25.7 Å². The molecule has 3 N–H and O–H groups in total. The molecule has 0 saturated heterocycles. The van der Waals surface area contributed by atoms with Crippen LogP contribution in [-0.2, 0) is 65.4 Å². The van der Waals surface area contributed by atoms with E-state index in [1.807, 2.05) is 0 Å². The van der Waals surface area contributed by atoms with Crippen molar-refractivity contribution in [2.24, 2.45) is 11.8 Å². The Hall–Kier alpha value is -1.94. The van der Waals surface area contributed by atoms with Crippen molar-refractivity contribution < 1.29 is 80.2 Å². The minimum Gasteiger partial charge on any atom is -0.462 e. The maximum absolute atomic E-state index is 13.0. The maximum atomic E-state index is 13.0. The highest BCUT2D eigenvalue weighted by atomic mass is 31.2. The Morgan fingerprint density at radius 1 is 0.326 bits per heavy atom. The lowest BCUT2D eigenvalue weighted by molar-refractivity contribution is -0.161. The van der Waals surface area contributed by atoms with Crippen LogP contribution < -0.4 is 0 Å². The molecule has 89 heavy (non-hydrogen) atoms. The topological polar surface area (TPSA) is 237 Å². The van der Waals surface area contributed by atoms with Crippen LogP contribution in [-0.4, -0.2) is 96.7 Å². The van der Waals surface area contributed by atoms with Crippen molar-refractivity contribution in [3.05, 3.63) is 0 Å². The van der Waals surface area contributed by atoms with E-state index in [1.54, 1.807) is 0 Å². The predicted molar refractivity (Wildman–Crippen MR) is 358 cm³/mol. The van der Waals surface area contributed by atoms with Gasteiger partial charge in [0.1, 0.15) is 19.3 Å². The average molecular weight is 1310 g/mol. The summed E-state index contributed by atoms with van der Waals surface area (Å²) in [6.07, 6.45) is 47.6. The third-order valence-corrected chi connectivity index (χ3v) is 18.5. The molecule has 0 radical (unpaired) electrons. The number of aliphatic hydroxyl groups excluding tert-OH is 1. The van der Waals surface area contributed by atoms with Crippen molar-refractivity contribution in [2.45, 2.75) is 374 Å². The number of hydrogen-bond acceptors (Lipinski definition) is 15. The molecule has 17 nitrogen and oxygen atoms in total. The summed E-state index contributed by atoms with van der Waals surface area (Å²) in [5, 5.41) is 10.5. The molecule has 3 unspecified atom stereocenters. The third kappa shape index (κ3) is 63.2. The van der Waals surface area contributed by atoms with Gasteiger partial charge in [-0.25, -0.2) is 9.13 Å². The van der Waals surface area contributed by atoms with Gasteiger partial charge in [0.25, 0.3) is 0 Å². The highest BCUT2D eigenvalue weighted by Crippen LogP contribution is 2.45. The van der Waals surface area contributed by atoms with Crippen molar-refractivity contribution in [1.29, 1.82) is 0 Å². The summed E-state index contributed by atoms with van der Waals surface area (Å²) >= 11 is 0. The highest BCUT2D eigenvalue weighted by molar-refractivity contribution is 7.47. The monoisotopic (exact) mass is 1310 g/mol. The predicted octanol–water partition coefficient (Wildman–Crippen LogP) is 20.0. The molecule has 0 aliphatic heterocycles. The average Bonchev–Trinajstić information content (AvgIpc) is 3.70. The van der Waals surface area contributed by atoms with E-state index in [-0.39, 0.29) is 25.7 Å². The first-order valence-corrected chi connectivity index (χ1v) is 39.5. The molecule has 6 atom stereocenters. The van der Waals surface area contributed by atoms with Gasteiger partial charge in [0.2, 0.25) is 0 Å². The maximum Gasteiger partial charge on any atom is 0.472 e. The second kappa shape index (κ2) is 62.2. The molecule has 0 aliphatic rings. The van der Waals surface area contributed by atoms with Gasteiger partial charge < -0.3 is 33.8 Å². The van der Waals surface area contributed by atoms with Crippen LogP contribution in [0.15, 0.2) is 0 Å². The Bertz CT molecular complexity index is 1740. The lowest BCUT2D eigenvalue weighted by atomic mass is 9.99. The number of hydrogen-bond donors (Lipinski definition) is 3. The van der Waals surface area contributed by atoms with Crippen molar-refractivity contribution in [1.82, 2.24) is 0 Å². The summed E-state index contributed by atoms with van der Waals surface area (Å²) in [4.78, 5) is 72.2. The van der Waals surface area contributed by atoms with E-state index in [1.165, 1.54) is 167 Å². The van der Waals surface area contributed by atoms with Crippen LogP contribution in [0.25, 0.3) is 0 Å². The molecule has 0 amide bonds. The first kappa shape index (κ1) is 87.1. The fourth-order valence-electron chi connectivity index (χ4n) is 10.6. The van der Waals surface area contributed by atoms with Crippen LogP contribution in [0.1, 0.15) is 356 Å². The smallest absolute Gasteiger partial charge is 0.462 e. The van der Waals surface area contributed by atoms with Gasteiger partial charge in [-0.3, -0.25) is 37.3 Å². The Morgan fingerprint density at radius 2 is 0.573 bits per heavy atom. The quantitative estimate of drug-likeness (QED) is 0.0222. The number of phosphoric acid groups is 2. The van der Waals surface area contributed by atoms with Crippen LogP contribution in [0.3, 0.4) is 0 Å². The van der Waals surface area contributed by atoms with Gasteiger partial charge >= 0.3 is 39.5 Å². The Kier molecular flexibility index (Phi) is 60.8. The number of esters is 4. The van der Waals surface area contributed by atoms with Crippen LogP contribution in [0.5, 0.6) is 0 Å². The molecule has 0 spiro atoms. The standard InChI is InChI=1S/C70H136O17P2/c1-7-10-12-14-15-28-36-42-48-54-69(74)86-65(58-80-67(72)52-46-38-13-11-8-2)60-84-88(76,77)82-56-64(71)57-83-89(78,79)85-61-66(59-81-68(73)53-47-41-35-31-26-22-18-16-20-24-29-33-39-44-50-62(4)5)87-70(75)55-49-43-37-32-27-23-19-17-21-25-30-34-40-45-51-63(6)9-3/h62-66,71H,7-61H2,1-6H3,(H,76,77)(H,78,79)/t63?,64-,65+,66+/m0/s1. The summed E-state index contributed by atoms with van der Waals surface area (Å²) < 4.78 is 68.0. The third-order valence-electron chi connectivity index (χ3n) is 16.6. The van der Waals surface area contributed by atoms with Gasteiger partial charge in [0.05, 0.1) is 26.4 Å². The number of rotatable bonds is 69. The number of phosphoric ester groups is 2. The van der Waals surface area contributed by atoms with Crippen molar-refractivity contribution in [3.8, 4) is 0 Å². The number of unbranched alkanes of at least 4 members (excludes halogenated alkanes) is 38. The van der Waals surface area contributed by atoms with Crippen LogP contribution >= 0.6 is 15.6 Å². The SMILES string of the molecule is CCCCCCCCCCCC(=O)O[C@H](COC(=O)CCCCCCC)COP(=O)(O)OC[C@H](O)COP(=O)(O)OC[C@@H](COC(=O)CCCCCCCCCCCCCCCCC(C)C)OC(=O)CCCCCCCCCCCCCCCCC(C)CC. The fourth-order valence-corrected chi connectivity index (χ4v) is 12.1. The molecule has 0 bridgehead atoms. The van der Waals surface area contributed by atoms with Gasteiger partial charge in [-0.05, 0) is 37.5 Å².